The summed E-state index contributed by atoms with van der Waals surface area (Å²) in [6.07, 6.45) is 2.61. The molecule has 8 heteroatoms. The van der Waals surface area contributed by atoms with Crippen LogP contribution in [0.15, 0.2) is 36.0 Å². The van der Waals surface area contributed by atoms with Crippen molar-refractivity contribution in [1.82, 2.24) is 14.9 Å². The maximum atomic E-state index is 12.4. The number of aromatic nitrogens is 2. The molecule has 1 aliphatic rings. The Bertz CT molecular complexity index is 685. The van der Waals surface area contributed by atoms with Crippen molar-refractivity contribution in [2.24, 2.45) is 0 Å². The first-order valence-electron chi connectivity index (χ1n) is 7.70. The summed E-state index contributed by atoms with van der Waals surface area (Å²) in [5, 5.41) is 1.80. The Balaban J connectivity index is 1.52. The molecule has 0 N–H and O–H groups in total. The number of ether oxygens (including phenoxy) is 1. The molecule has 126 valence electrons. The van der Waals surface area contributed by atoms with E-state index >= 15 is 0 Å². The minimum absolute atomic E-state index is 0.173. The largest absolute Gasteiger partial charge is 0.448 e. The molecular formula is C16H18N4O3S. The number of hydrogen-bond donors (Lipinski definition) is 0. The van der Waals surface area contributed by atoms with Crippen molar-refractivity contribution < 1.29 is 14.3 Å². The van der Waals surface area contributed by atoms with Crippen LogP contribution in [-0.2, 0) is 9.53 Å². The van der Waals surface area contributed by atoms with E-state index in [1.165, 1.54) is 11.3 Å². The van der Waals surface area contributed by atoms with E-state index in [4.69, 9.17) is 4.74 Å². The standard InChI is InChI=1S/C16H18N4O3S/c1-12(23-15(22)13-4-2-11-24-13)14(21)19-7-9-20(10-8-19)16-17-5-3-6-18-16/h2-6,11-12H,7-10H2,1H3/t12-/m1/s1. The van der Waals surface area contributed by atoms with Crippen molar-refractivity contribution >= 4 is 29.2 Å². The number of hydrogen-bond acceptors (Lipinski definition) is 7. The summed E-state index contributed by atoms with van der Waals surface area (Å²) in [6.45, 7) is 4.03. The fourth-order valence-electron chi connectivity index (χ4n) is 2.50. The number of rotatable bonds is 4. The molecule has 3 heterocycles. The second kappa shape index (κ2) is 7.39. The zero-order valence-electron chi connectivity index (χ0n) is 13.3. The topological polar surface area (TPSA) is 75.6 Å². The molecule has 1 saturated heterocycles. The Morgan fingerprint density at radius 1 is 1.17 bits per heavy atom. The van der Waals surface area contributed by atoms with Crippen LogP contribution in [0.3, 0.4) is 0 Å². The first-order valence-corrected chi connectivity index (χ1v) is 8.58. The van der Waals surface area contributed by atoms with Gasteiger partial charge in [-0.3, -0.25) is 4.79 Å². The van der Waals surface area contributed by atoms with Gasteiger partial charge in [-0.2, -0.15) is 0 Å². The van der Waals surface area contributed by atoms with Crippen LogP contribution in [0.1, 0.15) is 16.6 Å². The van der Waals surface area contributed by atoms with E-state index in [9.17, 15) is 9.59 Å². The highest BCUT2D eigenvalue weighted by atomic mass is 32.1. The van der Waals surface area contributed by atoms with Crippen LogP contribution in [0.25, 0.3) is 0 Å². The van der Waals surface area contributed by atoms with E-state index in [2.05, 4.69) is 9.97 Å². The third-order valence-electron chi connectivity index (χ3n) is 3.78. The van der Waals surface area contributed by atoms with Gasteiger partial charge < -0.3 is 14.5 Å². The number of amides is 1. The summed E-state index contributed by atoms with van der Waals surface area (Å²) in [6, 6.07) is 5.23. The van der Waals surface area contributed by atoms with Gasteiger partial charge in [-0.05, 0) is 24.4 Å². The van der Waals surface area contributed by atoms with Crippen molar-refractivity contribution in [1.29, 1.82) is 0 Å². The maximum Gasteiger partial charge on any atom is 0.349 e. The van der Waals surface area contributed by atoms with Gasteiger partial charge in [0.1, 0.15) is 4.88 Å². The number of carbonyl (C=O) groups excluding carboxylic acids is 2. The lowest BCUT2D eigenvalue weighted by Gasteiger charge is -2.35. The Kier molecular flexibility index (Phi) is 5.05. The van der Waals surface area contributed by atoms with Gasteiger partial charge >= 0.3 is 5.97 Å². The Hall–Kier alpha value is -2.48. The van der Waals surface area contributed by atoms with Crippen molar-refractivity contribution in [3.05, 3.63) is 40.8 Å². The SMILES string of the molecule is C[C@@H](OC(=O)c1cccs1)C(=O)N1CCN(c2ncccn2)CC1. The van der Waals surface area contributed by atoms with Crippen molar-refractivity contribution in [2.45, 2.75) is 13.0 Å². The highest BCUT2D eigenvalue weighted by Gasteiger charge is 2.28. The number of nitrogens with zero attached hydrogens (tertiary/aromatic N) is 4. The maximum absolute atomic E-state index is 12.4. The summed E-state index contributed by atoms with van der Waals surface area (Å²) < 4.78 is 5.26. The second-order valence-corrected chi connectivity index (χ2v) is 6.33. The van der Waals surface area contributed by atoms with Crippen molar-refractivity contribution in [2.75, 3.05) is 31.1 Å². The van der Waals surface area contributed by atoms with Crippen LogP contribution in [-0.4, -0.2) is 59.0 Å². The minimum atomic E-state index is -0.792. The molecule has 0 aromatic carbocycles. The number of esters is 1. The molecule has 1 amide bonds. The van der Waals surface area contributed by atoms with Crippen LogP contribution < -0.4 is 4.90 Å². The van der Waals surface area contributed by atoms with Crippen LogP contribution in [0, 0.1) is 0 Å². The van der Waals surface area contributed by atoms with Gasteiger partial charge in [-0.1, -0.05) is 6.07 Å². The van der Waals surface area contributed by atoms with Gasteiger partial charge in [0.25, 0.3) is 5.91 Å². The molecule has 7 nitrogen and oxygen atoms in total. The van der Waals surface area contributed by atoms with Crippen molar-refractivity contribution in [3.63, 3.8) is 0 Å². The smallest absolute Gasteiger partial charge is 0.349 e. The van der Waals surface area contributed by atoms with Gasteiger partial charge in [0.05, 0.1) is 0 Å². The third-order valence-corrected chi connectivity index (χ3v) is 4.63. The Morgan fingerprint density at radius 2 is 1.88 bits per heavy atom. The van der Waals surface area contributed by atoms with Crippen LogP contribution in [0.5, 0.6) is 0 Å². The molecule has 0 bridgehead atoms. The molecular weight excluding hydrogens is 328 g/mol. The summed E-state index contributed by atoms with van der Waals surface area (Å²) in [4.78, 5) is 37.1. The fraction of sp³-hybridized carbons (Fsp3) is 0.375. The quantitative estimate of drug-likeness (QED) is 0.780. The van der Waals surface area contributed by atoms with Crippen LogP contribution in [0.4, 0.5) is 5.95 Å². The number of thiophene rings is 1. The van der Waals surface area contributed by atoms with Gasteiger partial charge in [0, 0.05) is 38.6 Å². The van der Waals surface area contributed by atoms with Crippen molar-refractivity contribution in [3.8, 4) is 0 Å². The van der Waals surface area contributed by atoms with E-state index in [1.54, 1.807) is 47.8 Å². The predicted octanol–water partition coefficient (Wildman–Crippen LogP) is 1.43. The van der Waals surface area contributed by atoms with E-state index < -0.39 is 12.1 Å². The zero-order chi connectivity index (χ0) is 16.9. The van der Waals surface area contributed by atoms with Crippen LogP contribution >= 0.6 is 11.3 Å². The number of carbonyl (C=O) groups is 2. The predicted molar refractivity (Wildman–Crippen MR) is 90.0 cm³/mol. The first-order chi connectivity index (χ1) is 11.6. The normalized spacial score (nSPS) is 15.9. The highest BCUT2D eigenvalue weighted by Crippen LogP contribution is 2.14. The fourth-order valence-corrected chi connectivity index (χ4v) is 3.11. The van der Waals surface area contributed by atoms with E-state index in [1.807, 2.05) is 4.90 Å². The Labute approximate surface area is 143 Å². The van der Waals surface area contributed by atoms with Gasteiger partial charge in [-0.15, -0.1) is 11.3 Å². The highest BCUT2D eigenvalue weighted by molar-refractivity contribution is 7.11. The second-order valence-electron chi connectivity index (χ2n) is 5.39. The zero-order valence-corrected chi connectivity index (χ0v) is 14.1. The number of piperazine rings is 1. The first kappa shape index (κ1) is 16.4. The molecule has 0 unspecified atom stereocenters. The molecule has 2 aromatic rings. The molecule has 0 spiro atoms. The van der Waals surface area contributed by atoms with E-state index in [-0.39, 0.29) is 5.91 Å². The summed E-state index contributed by atoms with van der Waals surface area (Å²) in [5.74, 6) is 0.0393. The lowest BCUT2D eigenvalue weighted by atomic mass is 10.2. The Morgan fingerprint density at radius 3 is 2.50 bits per heavy atom. The molecule has 0 radical (unpaired) electrons. The number of anilines is 1. The molecule has 0 saturated carbocycles. The molecule has 3 rings (SSSR count). The summed E-state index contributed by atoms with van der Waals surface area (Å²) in [5.41, 5.74) is 0. The monoisotopic (exact) mass is 346 g/mol. The average molecular weight is 346 g/mol. The third kappa shape index (κ3) is 3.70. The lowest BCUT2D eigenvalue weighted by molar-refractivity contribution is -0.140. The summed E-state index contributed by atoms with van der Waals surface area (Å²) in [7, 11) is 0. The molecule has 1 aliphatic heterocycles. The molecule has 24 heavy (non-hydrogen) atoms. The van der Waals surface area contributed by atoms with Gasteiger partial charge in [-0.25, -0.2) is 14.8 Å². The molecule has 1 atom stereocenters. The van der Waals surface area contributed by atoms with Gasteiger partial charge in [0.2, 0.25) is 5.95 Å². The van der Waals surface area contributed by atoms with Gasteiger partial charge in [0.15, 0.2) is 6.10 Å². The lowest BCUT2D eigenvalue weighted by Crippen LogP contribution is -2.52. The average Bonchev–Trinajstić information content (AvgIpc) is 3.17. The van der Waals surface area contributed by atoms with E-state index in [0.717, 1.165) is 0 Å². The van der Waals surface area contributed by atoms with Crippen LogP contribution in [0.2, 0.25) is 0 Å². The molecule has 2 aromatic heterocycles. The molecule has 0 aliphatic carbocycles. The van der Waals surface area contributed by atoms with E-state index in [0.29, 0.717) is 37.0 Å². The molecule has 1 fully saturated rings. The summed E-state index contributed by atoms with van der Waals surface area (Å²) >= 11 is 1.30. The minimum Gasteiger partial charge on any atom is -0.448 e.